The van der Waals surface area contributed by atoms with Gasteiger partial charge in [-0.25, -0.2) is 0 Å². The summed E-state index contributed by atoms with van der Waals surface area (Å²) < 4.78 is 10.7. The maximum Gasteiger partial charge on any atom is 0.228 e. The van der Waals surface area contributed by atoms with E-state index < -0.39 is 0 Å². The van der Waals surface area contributed by atoms with E-state index in [2.05, 4.69) is 5.32 Å². The number of carbonyl (C=O) groups is 1. The van der Waals surface area contributed by atoms with Gasteiger partial charge in [-0.1, -0.05) is 12.2 Å². The average Bonchev–Trinajstić information content (AvgIpc) is 3.02. The van der Waals surface area contributed by atoms with E-state index >= 15 is 0 Å². The Morgan fingerprint density at radius 3 is 2.88 bits per heavy atom. The van der Waals surface area contributed by atoms with Gasteiger partial charge in [0, 0.05) is 6.04 Å². The van der Waals surface area contributed by atoms with Crippen molar-refractivity contribution < 1.29 is 13.9 Å². The Morgan fingerprint density at radius 1 is 1.41 bits per heavy atom. The number of fused-ring (bicyclic) bond motifs is 2. The van der Waals surface area contributed by atoms with Gasteiger partial charge in [0.2, 0.25) is 5.91 Å². The van der Waals surface area contributed by atoms with Crippen LogP contribution in [0.5, 0.6) is 0 Å². The van der Waals surface area contributed by atoms with Crippen molar-refractivity contribution in [2.45, 2.75) is 24.8 Å². The fourth-order valence-electron chi connectivity index (χ4n) is 2.37. The fourth-order valence-corrected chi connectivity index (χ4v) is 2.37. The van der Waals surface area contributed by atoms with Gasteiger partial charge in [0.25, 0.3) is 0 Å². The van der Waals surface area contributed by atoms with Crippen LogP contribution in [0.2, 0.25) is 0 Å². The van der Waals surface area contributed by atoms with E-state index in [4.69, 9.17) is 14.9 Å². The van der Waals surface area contributed by atoms with Gasteiger partial charge in [-0.05, 0) is 12.1 Å². The molecule has 3 heterocycles. The maximum absolute atomic E-state index is 12.0. The summed E-state index contributed by atoms with van der Waals surface area (Å²) in [5.74, 6) is 0.359. The third-order valence-electron chi connectivity index (χ3n) is 3.27. The molecule has 17 heavy (non-hydrogen) atoms. The molecule has 5 nitrogen and oxygen atoms in total. The highest BCUT2D eigenvalue weighted by atomic mass is 16.5. The van der Waals surface area contributed by atoms with Gasteiger partial charge in [-0.15, -0.1) is 0 Å². The average molecular weight is 234 g/mol. The van der Waals surface area contributed by atoms with Crippen LogP contribution in [0.4, 0.5) is 0 Å². The third kappa shape index (κ3) is 1.77. The number of nitrogens with two attached hydrogens (primary N) is 1. The Labute approximate surface area is 98.6 Å². The molecule has 0 saturated carbocycles. The van der Waals surface area contributed by atoms with E-state index in [0.717, 1.165) is 5.76 Å². The topological polar surface area (TPSA) is 77.5 Å². The van der Waals surface area contributed by atoms with Crippen molar-refractivity contribution in [3.63, 3.8) is 0 Å². The van der Waals surface area contributed by atoms with Gasteiger partial charge in [-0.3, -0.25) is 4.79 Å². The van der Waals surface area contributed by atoms with Crippen LogP contribution in [0, 0.1) is 5.92 Å². The molecule has 2 aliphatic heterocycles. The lowest BCUT2D eigenvalue weighted by molar-refractivity contribution is -0.126. The molecule has 0 spiro atoms. The predicted octanol–water partition coefficient (Wildman–Crippen LogP) is 0.176. The van der Waals surface area contributed by atoms with Gasteiger partial charge < -0.3 is 20.2 Å². The van der Waals surface area contributed by atoms with Crippen molar-refractivity contribution >= 4 is 5.91 Å². The standard InChI is InChI=1S/C12H14N2O3/c13-11-9-4-3-8(17-9)10(11)12(15)14-6-7-2-1-5-16-7/h1-5,8-11H,6,13H2,(H,14,15)/t8-,9+,10-,11+/m1/s1. The van der Waals surface area contributed by atoms with Crippen LogP contribution in [0.1, 0.15) is 5.76 Å². The normalized spacial score (nSPS) is 34.2. The summed E-state index contributed by atoms with van der Waals surface area (Å²) in [4.78, 5) is 12.0. The zero-order valence-electron chi connectivity index (χ0n) is 9.21. The molecule has 1 fully saturated rings. The van der Waals surface area contributed by atoms with E-state index in [1.807, 2.05) is 18.2 Å². The van der Waals surface area contributed by atoms with Crippen molar-refractivity contribution in [2.24, 2.45) is 11.7 Å². The summed E-state index contributed by atoms with van der Waals surface area (Å²) in [6.07, 6.45) is 5.12. The minimum Gasteiger partial charge on any atom is -0.467 e. The first-order valence-electron chi connectivity index (χ1n) is 5.65. The molecule has 2 bridgehead atoms. The molecule has 1 aromatic rings. The molecular weight excluding hydrogens is 220 g/mol. The smallest absolute Gasteiger partial charge is 0.228 e. The molecule has 90 valence electrons. The van der Waals surface area contributed by atoms with Crippen molar-refractivity contribution in [3.05, 3.63) is 36.3 Å². The van der Waals surface area contributed by atoms with Crippen LogP contribution < -0.4 is 11.1 Å². The second-order valence-corrected chi connectivity index (χ2v) is 4.35. The molecule has 3 N–H and O–H groups in total. The minimum atomic E-state index is -0.292. The summed E-state index contributed by atoms with van der Waals surface area (Å²) in [5, 5.41) is 2.82. The first-order valence-corrected chi connectivity index (χ1v) is 5.65. The first-order chi connectivity index (χ1) is 8.25. The summed E-state index contributed by atoms with van der Waals surface area (Å²) in [5.41, 5.74) is 5.95. The van der Waals surface area contributed by atoms with E-state index in [9.17, 15) is 4.79 Å². The third-order valence-corrected chi connectivity index (χ3v) is 3.27. The summed E-state index contributed by atoms with van der Waals surface area (Å²) >= 11 is 0. The summed E-state index contributed by atoms with van der Waals surface area (Å²) in [7, 11) is 0. The van der Waals surface area contributed by atoms with Gasteiger partial charge in [0.05, 0.1) is 30.9 Å². The van der Waals surface area contributed by atoms with Crippen LogP contribution in [-0.2, 0) is 16.1 Å². The largest absolute Gasteiger partial charge is 0.467 e. The zero-order chi connectivity index (χ0) is 11.8. The van der Waals surface area contributed by atoms with Gasteiger partial charge in [0.1, 0.15) is 5.76 Å². The van der Waals surface area contributed by atoms with Crippen molar-refractivity contribution in [1.82, 2.24) is 5.32 Å². The molecule has 0 aromatic carbocycles. The molecule has 1 saturated heterocycles. The number of nitrogens with one attached hydrogen (secondary N) is 1. The van der Waals surface area contributed by atoms with E-state index in [1.165, 1.54) is 0 Å². The minimum absolute atomic E-state index is 0.0780. The Kier molecular flexibility index (Phi) is 2.49. The molecule has 2 aliphatic rings. The first kappa shape index (κ1) is 10.6. The van der Waals surface area contributed by atoms with Crippen LogP contribution in [-0.4, -0.2) is 24.2 Å². The van der Waals surface area contributed by atoms with Crippen molar-refractivity contribution in [2.75, 3.05) is 0 Å². The second-order valence-electron chi connectivity index (χ2n) is 4.35. The van der Waals surface area contributed by atoms with Gasteiger partial charge in [0.15, 0.2) is 0 Å². The quantitative estimate of drug-likeness (QED) is 0.731. The Morgan fingerprint density at radius 2 is 2.24 bits per heavy atom. The van der Waals surface area contributed by atoms with Crippen LogP contribution >= 0.6 is 0 Å². The van der Waals surface area contributed by atoms with E-state index in [1.54, 1.807) is 12.3 Å². The number of rotatable bonds is 3. The lowest BCUT2D eigenvalue weighted by atomic mass is 9.89. The SMILES string of the molecule is N[C@@H]1[C@H](C(=O)NCc2ccco2)[C@H]2C=C[C@@H]1O2. The predicted molar refractivity (Wildman–Crippen MR) is 59.8 cm³/mol. The number of hydrogen-bond donors (Lipinski definition) is 2. The number of hydrogen-bond acceptors (Lipinski definition) is 4. The molecule has 3 rings (SSSR count). The molecule has 0 unspecified atom stereocenters. The number of ether oxygens (including phenoxy) is 1. The number of carbonyl (C=O) groups excluding carboxylic acids is 1. The number of amides is 1. The summed E-state index contributed by atoms with van der Waals surface area (Å²) in [6.45, 7) is 0.385. The molecular formula is C12H14N2O3. The molecule has 0 aliphatic carbocycles. The lowest BCUT2D eigenvalue weighted by Crippen LogP contribution is -2.46. The molecule has 0 radical (unpaired) electrons. The van der Waals surface area contributed by atoms with E-state index in [0.29, 0.717) is 6.54 Å². The molecule has 4 atom stereocenters. The highest BCUT2D eigenvalue weighted by Gasteiger charge is 2.47. The maximum atomic E-state index is 12.0. The Bertz CT molecular complexity index is 441. The van der Waals surface area contributed by atoms with Crippen LogP contribution in [0.3, 0.4) is 0 Å². The highest BCUT2D eigenvalue weighted by molar-refractivity contribution is 5.81. The highest BCUT2D eigenvalue weighted by Crippen LogP contribution is 2.32. The molecule has 1 amide bonds. The number of furan rings is 1. The fraction of sp³-hybridized carbons (Fsp3) is 0.417. The zero-order valence-corrected chi connectivity index (χ0v) is 9.21. The Hall–Kier alpha value is -1.59. The monoisotopic (exact) mass is 234 g/mol. The van der Waals surface area contributed by atoms with Gasteiger partial charge in [-0.2, -0.15) is 0 Å². The van der Waals surface area contributed by atoms with Crippen molar-refractivity contribution in [3.8, 4) is 0 Å². The summed E-state index contributed by atoms with van der Waals surface area (Å²) in [6, 6.07) is 3.36. The van der Waals surface area contributed by atoms with Crippen LogP contribution in [0.25, 0.3) is 0 Å². The van der Waals surface area contributed by atoms with Gasteiger partial charge >= 0.3 is 0 Å². The molecule has 1 aromatic heterocycles. The van der Waals surface area contributed by atoms with E-state index in [-0.39, 0.29) is 30.1 Å². The molecule has 5 heteroatoms. The van der Waals surface area contributed by atoms with Crippen molar-refractivity contribution in [1.29, 1.82) is 0 Å². The lowest BCUT2D eigenvalue weighted by Gasteiger charge is -2.20. The van der Waals surface area contributed by atoms with Crippen LogP contribution in [0.15, 0.2) is 35.0 Å². The Balaban J connectivity index is 1.61. The second kappa shape index (κ2) is 4.01.